The second kappa shape index (κ2) is 7.78. The van der Waals surface area contributed by atoms with Gasteiger partial charge in [0.15, 0.2) is 11.5 Å². The normalized spacial score (nSPS) is 15.7. The molecule has 1 N–H and O–H groups in total. The summed E-state index contributed by atoms with van der Waals surface area (Å²) < 4.78 is 10.7. The second-order valence-corrected chi connectivity index (χ2v) is 6.80. The molecule has 2 aliphatic rings. The molecule has 0 spiro atoms. The van der Waals surface area contributed by atoms with Crippen LogP contribution in [0.15, 0.2) is 42.5 Å². The Morgan fingerprint density at radius 2 is 1.81 bits per heavy atom. The second-order valence-electron chi connectivity index (χ2n) is 6.80. The minimum Gasteiger partial charge on any atom is -0.454 e. The molecule has 2 aromatic rings. The van der Waals surface area contributed by atoms with E-state index in [1.54, 1.807) is 0 Å². The van der Waals surface area contributed by atoms with Crippen LogP contribution in [0.3, 0.4) is 0 Å². The number of para-hydroxylation sites is 1. The van der Waals surface area contributed by atoms with Gasteiger partial charge in [0.1, 0.15) is 0 Å². The summed E-state index contributed by atoms with van der Waals surface area (Å²) in [5, 5.41) is 3.01. The van der Waals surface area contributed by atoms with Gasteiger partial charge in [0.25, 0.3) is 0 Å². The van der Waals surface area contributed by atoms with Gasteiger partial charge in [0.2, 0.25) is 6.79 Å². The van der Waals surface area contributed by atoms with E-state index in [1.807, 2.05) is 23.1 Å². The standard InChI is InChI=1S/C21H25N3O3/c1-2-17-5-3-4-6-18(17)23-9-11-24(12-10-23)21(25)22-14-16-7-8-19-20(13-16)27-15-26-19/h3-8,13H,2,9-12,14-15H2,1H3,(H,22,25). The number of hydrogen-bond donors (Lipinski definition) is 1. The average Bonchev–Trinajstić information content (AvgIpc) is 3.20. The molecule has 142 valence electrons. The summed E-state index contributed by atoms with van der Waals surface area (Å²) in [6.07, 6.45) is 1.02. The molecule has 2 aliphatic heterocycles. The fraction of sp³-hybridized carbons (Fsp3) is 0.381. The van der Waals surface area contributed by atoms with Crippen LogP contribution in [-0.2, 0) is 13.0 Å². The Labute approximate surface area is 159 Å². The summed E-state index contributed by atoms with van der Waals surface area (Å²) in [5.41, 5.74) is 3.65. The molecule has 27 heavy (non-hydrogen) atoms. The van der Waals surface area contributed by atoms with Crippen LogP contribution < -0.4 is 19.7 Å². The number of piperazine rings is 1. The minimum atomic E-state index is -0.0175. The smallest absolute Gasteiger partial charge is 0.317 e. The van der Waals surface area contributed by atoms with Gasteiger partial charge < -0.3 is 24.6 Å². The fourth-order valence-electron chi connectivity index (χ4n) is 3.61. The van der Waals surface area contributed by atoms with E-state index in [0.717, 1.165) is 49.7 Å². The third-order valence-corrected chi connectivity index (χ3v) is 5.16. The first kappa shape index (κ1) is 17.5. The van der Waals surface area contributed by atoms with Crippen molar-refractivity contribution in [3.63, 3.8) is 0 Å². The summed E-state index contributed by atoms with van der Waals surface area (Å²) in [4.78, 5) is 16.8. The molecule has 0 bridgehead atoms. The lowest BCUT2D eigenvalue weighted by Crippen LogP contribution is -2.51. The minimum absolute atomic E-state index is 0.0175. The Balaban J connectivity index is 1.30. The maximum Gasteiger partial charge on any atom is 0.317 e. The predicted molar refractivity (Wildman–Crippen MR) is 104 cm³/mol. The number of amides is 2. The van der Waals surface area contributed by atoms with Crippen molar-refractivity contribution < 1.29 is 14.3 Å². The summed E-state index contributed by atoms with van der Waals surface area (Å²) in [6.45, 7) is 6.09. The molecule has 1 saturated heterocycles. The molecule has 0 radical (unpaired) electrons. The number of aryl methyl sites for hydroxylation is 1. The largest absolute Gasteiger partial charge is 0.454 e. The number of rotatable bonds is 4. The number of fused-ring (bicyclic) bond motifs is 1. The van der Waals surface area contributed by atoms with Crippen LogP contribution in [0.1, 0.15) is 18.1 Å². The first-order valence-corrected chi connectivity index (χ1v) is 9.48. The first-order valence-electron chi connectivity index (χ1n) is 9.48. The molecular formula is C21H25N3O3. The Kier molecular flexibility index (Phi) is 5.05. The van der Waals surface area contributed by atoms with Gasteiger partial charge in [-0.05, 0) is 35.7 Å². The molecule has 6 heteroatoms. The van der Waals surface area contributed by atoms with Crippen LogP contribution in [-0.4, -0.2) is 43.9 Å². The third kappa shape index (κ3) is 3.79. The highest BCUT2D eigenvalue weighted by Gasteiger charge is 2.22. The number of benzene rings is 2. The van der Waals surface area contributed by atoms with Crippen LogP contribution in [0.2, 0.25) is 0 Å². The zero-order chi connectivity index (χ0) is 18.6. The van der Waals surface area contributed by atoms with Crippen LogP contribution in [0, 0.1) is 0 Å². The van der Waals surface area contributed by atoms with Gasteiger partial charge in [0.05, 0.1) is 0 Å². The topological polar surface area (TPSA) is 54.0 Å². The number of carbonyl (C=O) groups is 1. The van der Waals surface area contributed by atoms with Gasteiger partial charge >= 0.3 is 6.03 Å². The number of hydrogen-bond acceptors (Lipinski definition) is 4. The van der Waals surface area contributed by atoms with Crippen LogP contribution in [0.25, 0.3) is 0 Å². The summed E-state index contributed by atoms with van der Waals surface area (Å²) in [6, 6.07) is 14.3. The monoisotopic (exact) mass is 367 g/mol. The van der Waals surface area contributed by atoms with Gasteiger partial charge in [-0.3, -0.25) is 0 Å². The lowest BCUT2D eigenvalue weighted by Gasteiger charge is -2.37. The third-order valence-electron chi connectivity index (χ3n) is 5.16. The van der Waals surface area contributed by atoms with Crippen molar-refractivity contribution >= 4 is 11.7 Å². The molecule has 0 aliphatic carbocycles. The van der Waals surface area contributed by atoms with E-state index in [1.165, 1.54) is 11.3 Å². The van der Waals surface area contributed by atoms with Gasteiger partial charge in [-0.2, -0.15) is 0 Å². The Hall–Kier alpha value is -2.89. The van der Waals surface area contributed by atoms with Gasteiger partial charge in [-0.15, -0.1) is 0 Å². The SMILES string of the molecule is CCc1ccccc1N1CCN(C(=O)NCc2ccc3c(c2)OCO3)CC1. The maximum atomic E-state index is 12.5. The summed E-state index contributed by atoms with van der Waals surface area (Å²) >= 11 is 0. The summed E-state index contributed by atoms with van der Waals surface area (Å²) in [5.74, 6) is 1.50. The van der Waals surface area contributed by atoms with Crippen molar-refractivity contribution in [2.24, 2.45) is 0 Å². The molecule has 0 atom stereocenters. The van der Waals surface area contributed by atoms with Crippen LogP contribution in [0.5, 0.6) is 11.5 Å². The molecule has 4 rings (SSSR count). The van der Waals surface area contributed by atoms with Crippen LogP contribution >= 0.6 is 0 Å². The highest BCUT2D eigenvalue weighted by molar-refractivity contribution is 5.74. The fourth-order valence-corrected chi connectivity index (χ4v) is 3.61. The van der Waals surface area contributed by atoms with E-state index < -0.39 is 0 Å². The molecule has 2 heterocycles. The lowest BCUT2D eigenvalue weighted by atomic mass is 10.1. The Morgan fingerprint density at radius 1 is 1.04 bits per heavy atom. The quantitative estimate of drug-likeness (QED) is 0.903. The van der Waals surface area contributed by atoms with Crippen molar-refractivity contribution in [1.82, 2.24) is 10.2 Å². The number of anilines is 1. The van der Waals surface area contributed by atoms with Crippen molar-refractivity contribution in [3.8, 4) is 11.5 Å². The molecule has 6 nitrogen and oxygen atoms in total. The molecular weight excluding hydrogens is 342 g/mol. The number of nitrogens with zero attached hydrogens (tertiary/aromatic N) is 2. The molecule has 0 aromatic heterocycles. The molecule has 2 amide bonds. The highest BCUT2D eigenvalue weighted by Crippen LogP contribution is 2.32. The van der Waals surface area contributed by atoms with E-state index in [9.17, 15) is 4.79 Å². The van der Waals surface area contributed by atoms with Crippen molar-refractivity contribution in [3.05, 3.63) is 53.6 Å². The number of urea groups is 1. The number of carbonyl (C=O) groups excluding carboxylic acids is 1. The van der Waals surface area contributed by atoms with E-state index >= 15 is 0 Å². The van der Waals surface area contributed by atoms with Gasteiger partial charge in [-0.1, -0.05) is 31.2 Å². The lowest BCUT2D eigenvalue weighted by molar-refractivity contribution is 0.174. The predicted octanol–water partition coefficient (Wildman–Crippen LogP) is 3.01. The van der Waals surface area contributed by atoms with Crippen molar-refractivity contribution in [2.75, 3.05) is 37.9 Å². The summed E-state index contributed by atoms with van der Waals surface area (Å²) in [7, 11) is 0. The highest BCUT2D eigenvalue weighted by atomic mass is 16.7. The molecule has 2 aromatic carbocycles. The van der Waals surface area contributed by atoms with Crippen LogP contribution in [0.4, 0.5) is 10.5 Å². The van der Waals surface area contributed by atoms with Crippen molar-refractivity contribution in [1.29, 1.82) is 0 Å². The first-order chi connectivity index (χ1) is 13.2. The zero-order valence-electron chi connectivity index (χ0n) is 15.6. The number of nitrogens with one attached hydrogen (secondary N) is 1. The Bertz CT molecular complexity index is 816. The van der Waals surface area contributed by atoms with E-state index in [0.29, 0.717) is 6.54 Å². The maximum absolute atomic E-state index is 12.5. The van der Waals surface area contributed by atoms with Gasteiger partial charge in [-0.25, -0.2) is 4.79 Å². The Morgan fingerprint density at radius 3 is 2.63 bits per heavy atom. The van der Waals surface area contributed by atoms with Gasteiger partial charge in [0, 0.05) is 38.4 Å². The van der Waals surface area contributed by atoms with E-state index in [-0.39, 0.29) is 12.8 Å². The molecule has 0 saturated carbocycles. The average molecular weight is 367 g/mol. The van der Waals surface area contributed by atoms with E-state index in [2.05, 4.69) is 41.4 Å². The van der Waals surface area contributed by atoms with Crippen molar-refractivity contribution in [2.45, 2.75) is 19.9 Å². The molecule has 0 unspecified atom stereocenters. The zero-order valence-corrected chi connectivity index (χ0v) is 15.6. The van der Waals surface area contributed by atoms with E-state index in [4.69, 9.17) is 9.47 Å². The molecule has 1 fully saturated rings. The number of ether oxygens (including phenoxy) is 2.